The quantitative estimate of drug-likeness (QED) is 0.884. The largest absolute Gasteiger partial charge is 0.378 e. The van der Waals surface area contributed by atoms with Crippen molar-refractivity contribution in [3.8, 4) is 0 Å². The Bertz CT molecular complexity index is 523. The Morgan fingerprint density at radius 3 is 2.70 bits per heavy atom. The van der Waals surface area contributed by atoms with Crippen LogP contribution in [0.4, 0.5) is 4.39 Å². The molecule has 3 unspecified atom stereocenters. The number of rotatable bonds is 2. The third-order valence-corrected chi connectivity index (χ3v) is 4.03. The van der Waals surface area contributed by atoms with E-state index in [2.05, 4.69) is 5.32 Å². The minimum Gasteiger partial charge on any atom is -0.378 e. The van der Waals surface area contributed by atoms with Crippen molar-refractivity contribution in [3.05, 3.63) is 35.6 Å². The molecule has 2 fully saturated rings. The topological polar surface area (TPSA) is 50.8 Å². The van der Waals surface area contributed by atoms with E-state index in [-0.39, 0.29) is 42.4 Å². The van der Waals surface area contributed by atoms with Crippen molar-refractivity contribution in [2.45, 2.75) is 25.2 Å². The molecule has 128 valence electrons. The lowest BCUT2D eigenvalue weighted by Gasteiger charge is -2.39. The number of amides is 1. The molecule has 3 rings (SSSR count). The van der Waals surface area contributed by atoms with Gasteiger partial charge in [-0.15, -0.1) is 12.4 Å². The molecule has 1 N–H and O–H groups in total. The molecule has 0 radical (unpaired) electrons. The van der Waals surface area contributed by atoms with E-state index >= 15 is 0 Å². The zero-order valence-corrected chi connectivity index (χ0v) is 13.9. The van der Waals surface area contributed by atoms with Crippen LogP contribution in [0.3, 0.4) is 0 Å². The second kappa shape index (κ2) is 8.06. The maximum atomic E-state index is 13.1. The lowest BCUT2D eigenvalue weighted by Crippen LogP contribution is -2.56. The van der Waals surface area contributed by atoms with Crippen LogP contribution in [0.15, 0.2) is 24.3 Å². The van der Waals surface area contributed by atoms with Crippen molar-refractivity contribution in [3.63, 3.8) is 0 Å². The number of hydrogen-bond acceptors (Lipinski definition) is 4. The first-order valence-corrected chi connectivity index (χ1v) is 7.64. The number of morpholine rings is 2. The molecule has 23 heavy (non-hydrogen) atoms. The first-order chi connectivity index (χ1) is 10.6. The SMILES string of the molecule is CC1CN(C(=O)C2COCCN2)CC(c2ccc(F)cc2)O1.Cl. The highest BCUT2D eigenvalue weighted by atomic mass is 35.5. The summed E-state index contributed by atoms with van der Waals surface area (Å²) < 4.78 is 24.3. The lowest BCUT2D eigenvalue weighted by molar-refractivity contribution is -0.149. The number of nitrogens with zero attached hydrogens (tertiary/aromatic N) is 1. The minimum absolute atomic E-state index is 0. The third-order valence-electron chi connectivity index (χ3n) is 4.03. The molecule has 1 aromatic carbocycles. The molecule has 5 nitrogen and oxygen atoms in total. The summed E-state index contributed by atoms with van der Waals surface area (Å²) in [5.74, 6) is -0.231. The van der Waals surface area contributed by atoms with Gasteiger partial charge in [0.25, 0.3) is 0 Å². The van der Waals surface area contributed by atoms with Gasteiger partial charge in [0.15, 0.2) is 0 Å². The van der Waals surface area contributed by atoms with E-state index in [9.17, 15) is 9.18 Å². The van der Waals surface area contributed by atoms with Crippen LogP contribution < -0.4 is 5.32 Å². The highest BCUT2D eigenvalue weighted by molar-refractivity contribution is 5.85. The third kappa shape index (κ3) is 4.41. The summed E-state index contributed by atoms with van der Waals surface area (Å²) in [6, 6.07) is 5.97. The van der Waals surface area contributed by atoms with Crippen molar-refractivity contribution in [2.75, 3.05) is 32.8 Å². The Kier molecular flexibility index (Phi) is 6.35. The van der Waals surface area contributed by atoms with Crippen LogP contribution in [-0.4, -0.2) is 55.8 Å². The summed E-state index contributed by atoms with van der Waals surface area (Å²) in [6.45, 7) is 4.73. The van der Waals surface area contributed by atoms with Gasteiger partial charge in [0.05, 0.1) is 25.9 Å². The fourth-order valence-electron chi connectivity index (χ4n) is 2.94. The Balaban J connectivity index is 0.00000192. The zero-order chi connectivity index (χ0) is 15.5. The average Bonchev–Trinajstić information content (AvgIpc) is 2.55. The lowest BCUT2D eigenvalue weighted by atomic mass is 10.1. The van der Waals surface area contributed by atoms with E-state index in [0.29, 0.717) is 32.8 Å². The number of hydrogen-bond donors (Lipinski definition) is 1. The molecule has 2 saturated heterocycles. The molecule has 0 aliphatic carbocycles. The normalized spacial score (nSPS) is 28.1. The molecule has 2 aliphatic heterocycles. The molecule has 0 aromatic heterocycles. The zero-order valence-electron chi connectivity index (χ0n) is 13.0. The first-order valence-electron chi connectivity index (χ1n) is 7.64. The van der Waals surface area contributed by atoms with Gasteiger partial charge in [-0.2, -0.15) is 0 Å². The number of carbonyl (C=O) groups is 1. The van der Waals surface area contributed by atoms with Crippen molar-refractivity contribution < 1.29 is 18.7 Å². The van der Waals surface area contributed by atoms with Gasteiger partial charge in [0.1, 0.15) is 18.0 Å². The molecule has 0 spiro atoms. The molecular weight excluding hydrogens is 323 g/mol. The highest BCUT2D eigenvalue weighted by Gasteiger charge is 2.33. The summed E-state index contributed by atoms with van der Waals surface area (Å²) in [4.78, 5) is 14.4. The number of nitrogens with one attached hydrogen (secondary N) is 1. The molecule has 7 heteroatoms. The van der Waals surface area contributed by atoms with Crippen molar-refractivity contribution in [1.29, 1.82) is 0 Å². The van der Waals surface area contributed by atoms with Crippen LogP contribution in [0.2, 0.25) is 0 Å². The molecule has 2 heterocycles. The van der Waals surface area contributed by atoms with Gasteiger partial charge < -0.3 is 19.7 Å². The predicted octanol–water partition coefficient (Wildman–Crippen LogP) is 1.52. The Morgan fingerprint density at radius 1 is 1.30 bits per heavy atom. The number of benzene rings is 1. The van der Waals surface area contributed by atoms with Gasteiger partial charge in [-0.3, -0.25) is 4.79 Å². The Morgan fingerprint density at radius 2 is 2.04 bits per heavy atom. The number of ether oxygens (including phenoxy) is 2. The van der Waals surface area contributed by atoms with E-state index in [1.54, 1.807) is 12.1 Å². The van der Waals surface area contributed by atoms with Gasteiger partial charge in [-0.25, -0.2) is 4.39 Å². The predicted molar refractivity (Wildman–Crippen MR) is 86.1 cm³/mol. The smallest absolute Gasteiger partial charge is 0.242 e. The van der Waals surface area contributed by atoms with Gasteiger partial charge in [0, 0.05) is 13.1 Å². The molecule has 0 saturated carbocycles. The fraction of sp³-hybridized carbons (Fsp3) is 0.562. The van der Waals surface area contributed by atoms with Crippen LogP contribution in [0, 0.1) is 5.82 Å². The van der Waals surface area contributed by atoms with Crippen molar-refractivity contribution in [1.82, 2.24) is 10.2 Å². The molecule has 1 amide bonds. The van der Waals surface area contributed by atoms with Crippen LogP contribution in [0.5, 0.6) is 0 Å². The Hall–Kier alpha value is -1.21. The van der Waals surface area contributed by atoms with Crippen LogP contribution in [0.1, 0.15) is 18.6 Å². The maximum Gasteiger partial charge on any atom is 0.242 e. The van der Waals surface area contributed by atoms with Gasteiger partial charge >= 0.3 is 0 Å². The second-order valence-corrected chi connectivity index (χ2v) is 5.81. The Labute approximate surface area is 141 Å². The molecular formula is C16H22ClFN2O3. The monoisotopic (exact) mass is 344 g/mol. The van der Waals surface area contributed by atoms with E-state index in [1.165, 1.54) is 12.1 Å². The molecule has 0 bridgehead atoms. The summed E-state index contributed by atoms with van der Waals surface area (Å²) in [5.41, 5.74) is 0.888. The standard InChI is InChI=1S/C16H21FN2O3.ClH/c1-11-8-19(16(20)14-10-21-7-6-18-14)9-15(22-11)12-2-4-13(17)5-3-12;/h2-5,11,14-15,18H,6-10H2,1H3;1H. The second-order valence-electron chi connectivity index (χ2n) is 5.81. The fourth-order valence-corrected chi connectivity index (χ4v) is 2.94. The van der Waals surface area contributed by atoms with Crippen molar-refractivity contribution in [2.24, 2.45) is 0 Å². The van der Waals surface area contributed by atoms with Crippen molar-refractivity contribution >= 4 is 18.3 Å². The van der Waals surface area contributed by atoms with Gasteiger partial charge in [-0.05, 0) is 24.6 Å². The van der Waals surface area contributed by atoms with Crippen LogP contribution in [-0.2, 0) is 14.3 Å². The highest BCUT2D eigenvalue weighted by Crippen LogP contribution is 2.26. The van der Waals surface area contributed by atoms with Crippen LogP contribution >= 0.6 is 12.4 Å². The molecule has 3 atom stereocenters. The average molecular weight is 345 g/mol. The molecule has 2 aliphatic rings. The van der Waals surface area contributed by atoms with Crippen LogP contribution in [0.25, 0.3) is 0 Å². The summed E-state index contributed by atoms with van der Waals surface area (Å²) in [7, 11) is 0. The maximum absolute atomic E-state index is 13.1. The number of halogens is 2. The summed E-state index contributed by atoms with van der Waals surface area (Å²) in [6.07, 6.45) is -0.282. The minimum atomic E-state index is -0.284. The summed E-state index contributed by atoms with van der Waals surface area (Å²) in [5, 5.41) is 3.19. The number of carbonyl (C=O) groups excluding carboxylic acids is 1. The van der Waals surface area contributed by atoms with Gasteiger partial charge in [-0.1, -0.05) is 12.1 Å². The first kappa shape index (κ1) is 18.1. The van der Waals surface area contributed by atoms with E-state index in [4.69, 9.17) is 9.47 Å². The van der Waals surface area contributed by atoms with E-state index in [0.717, 1.165) is 5.56 Å². The molecule has 1 aromatic rings. The van der Waals surface area contributed by atoms with E-state index < -0.39 is 0 Å². The van der Waals surface area contributed by atoms with E-state index in [1.807, 2.05) is 11.8 Å². The summed E-state index contributed by atoms with van der Waals surface area (Å²) >= 11 is 0. The van der Waals surface area contributed by atoms with Gasteiger partial charge in [0.2, 0.25) is 5.91 Å².